The number of nitrogens with one attached hydrogen (secondary N) is 1. The van der Waals surface area contributed by atoms with Gasteiger partial charge in [-0.05, 0) is 31.8 Å². The molecule has 1 saturated heterocycles. The molecule has 0 bridgehead atoms. The topological polar surface area (TPSA) is 51.0 Å². The molecule has 4 nitrogen and oxygen atoms in total. The van der Waals surface area contributed by atoms with Gasteiger partial charge in [-0.3, -0.25) is 0 Å². The van der Waals surface area contributed by atoms with Crippen molar-refractivity contribution < 1.29 is 4.52 Å². The van der Waals surface area contributed by atoms with Crippen molar-refractivity contribution in [2.45, 2.75) is 39.0 Å². The maximum absolute atomic E-state index is 5.24. The van der Waals surface area contributed by atoms with Crippen LogP contribution in [-0.4, -0.2) is 23.2 Å². The van der Waals surface area contributed by atoms with Crippen LogP contribution < -0.4 is 5.32 Å². The first-order valence-corrected chi connectivity index (χ1v) is 5.79. The minimum absolute atomic E-state index is 0.354. The van der Waals surface area contributed by atoms with Crippen LogP contribution in [0.15, 0.2) is 4.52 Å². The SMILES string of the molecule is CC(C)c1noc(CC2CCCNC2)n1. The minimum Gasteiger partial charge on any atom is -0.339 e. The molecule has 1 atom stereocenters. The lowest BCUT2D eigenvalue weighted by atomic mass is 9.96. The van der Waals surface area contributed by atoms with E-state index >= 15 is 0 Å². The van der Waals surface area contributed by atoms with E-state index in [0.717, 1.165) is 31.2 Å². The van der Waals surface area contributed by atoms with Gasteiger partial charge in [0, 0.05) is 12.3 Å². The monoisotopic (exact) mass is 209 g/mol. The van der Waals surface area contributed by atoms with Crippen molar-refractivity contribution in [3.05, 3.63) is 11.7 Å². The Morgan fingerprint density at radius 1 is 1.53 bits per heavy atom. The van der Waals surface area contributed by atoms with Crippen molar-refractivity contribution in [1.29, 1.82) is 0 Å². The molecule has 1 aromatic heterocycles. The molecule has 84 valence electrons. The molecule has 2 heterocycles. The molecule has 0 aromatic carbocycles. The van der Waals surface area contributed by atoms with Gasteiger partial charge >= 0.3 is 0 Å². The molecule has 0 saturated carbocycles. The highest BCUT2D eigenvalue weighted by molar-refractivity contribution is 4.93. The summed E-state index contributed by atoms with van der Waals surface area (Å²) in [7, 11) is 0. The Balaban J connectivity index is 1.91. The molecule has 1 N–H and O–H groups in total. The highest BCUT2D eigenvalue weighted by atomic mass is 16.5. The summed E-state index contributed by atoms with van der Waals surface area (Å²) in [6.07, 6.45) is 3.45. The van der Waals surface area contributed by atoms with Gasteiger partial charge < -0.3 is 9.84 Å². The van der Waals surface area contributed by atoms with Crippen molar-refractivity contribution in [2.75, 3.05) is 13.1 Å². The lowest BCUT2D eigenvalue weighted by Crippen LogP contribution is -2.30. The Morgan fingerprint density at radius 2 is 2.40 bits per heavy atom. The summed E-state index contributed by atoms with van der Waals surface area (Å²) in [5, 5.41) is 7.37. The predicted molar refractivity (Wildman–Crippen MR) is 57.7 cm³/mol. The maximum Gasteiger partial charge on any atom is 0.226 e. The zero-order valence-electron chi connectivity index (χ0n) is 9.49. The van der Waals surface area contributed by atoms with Crippen LogP contribution in [-0.2, 0) is 6.42 Å². The summed E-state index contributed by atoms with van der Waals surface area (Å²) >= 11 is 0. The van der Waals surface area contributed by atoms with E-state index in [4.69, 9.17) is 4.52 Å². The molecule has 0 spiro atoms. The number of rotatable bonds is 3. The van der Waals surface area contributed by atoms with E-state index in [-0.39, 0.29) is 0 Å². The molecule has 0 aliphatic carbocycles. The summed E-state index contributed by atoms with van der Waals surface area (Å²) in [6.45, 7) is 6.39. The Morgan fingerprint density at radius 3 is 3.00 bits per heavy atom. The van der Waals surface area contributed by atoms with Crippen LogP contribution in [0.1, 0.15) is 44.3 Å². The van der Waals surface area contributed by atoms with E-state index in [1.165, 1.54) is 12.8 Å². The summed E-state index contributed by atoms with van der Waals surface area (Å²) in [5.41, 5.74) is 0. The second-order valence-electron chi connectivity index (χ2n) is 4.62. The fraction of sp³-hybridized carbons (Fsp3) is 0.818. The van der Waals surface area contributed by atoms with Gasteiger partial charge in [-0.15, -0.1) is 0 Å². The lowest BCUT2D eigenvalue weighted by molar-refractivity contribution is 0.314. The van der Waals surface area contributed by atoms with Gasteiger partial charge in [0.15, 0.2) is 5.82 Å². The summed E-state index contributed by atoms with van der Waals surface area (Å²) in [4.78, 5) is 4.40. The van der Waals surface area contributed by atoms with E-state index in [2.05, 4.69) is 29.3 Å². The lowest BCUT2D eigenvalue weighted by Gasteiger charge is -2.20. The molecule has 4 heteroatoms. The average molecular weight is 209 g/mol. The minimum atomic E-state index is 0.354. The highest BCUT2D eigenvalue weighted by Crippen LogP contribution is 2.17. The zero-order chi connectivity index (χ0) is 10.7. The third kappa shape index (κ3) is 2.78. The van der Waals surface area contributed by atoms with Crippen molar-refractivity contribution in [1.82, 2.24) is 15.5 Å². The quantitative estimate of drug-likeness (QED) is 0.823. The zero-order valence-corrected chi connectivity index (χ0v) is 9.49. The molecule has 2 rings (SSSR count). The summed E-state index contributed by atoms with van der Waals surface area (Å²) in [6, 6.07) is 0. The van der Waals surface area contributed by atoms with Gasteiger partial charge in [0.25, 0.3) is 0 Å². The third-order valence-corrected chi connectivity index (χ3v) is 2.86. The summed E-state index contributed by atoms with van der Waals surface area (Å²) < 4.78 is 5.24. The molecule has 1 aliphatic rings. The van der Waals surface area contributed by atoms with Gasteiger partial charge in [0.05, 0.1) is 0 Å². The number of hydrogen-bond acceptors (Lipinski definition) is 4. The van der Waals surface area contributed by atoms with Gasteiger partial charge in [-0.1, -0.05) is 19.0 Å². The van der Waals surface area contributed by atoms with Gasteiger partial charge in [-0.25, -0.2) is 0 Å². The molecule has 1 aromatic rings. The van der Waals surface area contributed by atoms with Gasteiger partial charge in [0.1, 0.15) is 0 Å². The largest absolute Gasteiger partial charge is 0.339 e. The second-order valence-corrected chi connectivity index (χ2v) is 4.62. The fourth-order valence-electron chi connectivity index (χ4n) is 1.93. The van der Waals surface area contributed by atoms with Crippen LogP contribution >= 0.6 is 0 Å². The molecule has 0 amide bonds. The molecule has 1 fully saturated rings. The normalized spacial score (nSPS) is 22.2. The Labute approximate surface area is 90.4 Å². The van der Waals surface area contributed by atoms with E-state index in [9.17, 15) is 0 Å². The van der Waals surface area contributed by atoms with Crippen LogP contribution in [0.2, 0.25) is 0 Å². The maximum atomic E-state index is 5.24. The molecule has 0 radical (unpaired) electrons. The smallest absolute Gasteiger partial charge is 0.226 e. The number of nitrogens with zero attached hydrogens (tertiary/aromatic N) is 2. The molecule has 15 heavy (non-hydrogen) atoms. The van der Waals surface area contributed by atoms with E-state index in [1.807, 2.05) is 0 Å². The van der Waals surface area contributed by atoms with Crippen LogP contribution in [0.25, 0.3) is 0 Å². The van der Waals surface area contributed by atoms with Crippen molar-refractivity contribution >= 4 is 0 Å². The van der Waals surface area contributed by atoms with Gasteiger partial charge in [0.2, 0.25) is 5.89 Å². The Kier molecular flexibility index (Phi) is 3.36. The fourth-order valence-corrected chi connectivity index (χ4v) is 1.93. The van der Waals surface area contributed by atoms with Crippen LogP contribution in [0.3, 0.4) is 0 Å². The van der Waals surface area contributed by atoms with Crippen LogP contribution in [0, 0.1) is 5.92 Å². The Hall–Kier alpha value is -0.900. The first kappa shape index (κ1) is 10.6. The predicted octanol–water partition coefficient (Wildman–Crippen LogP) is 1.74. The van der Waals surface area contributed by atoms with Crippen molar-refractivity contribution in [3.63, 3.8) is 0 Å². The number of hydrogen-bond donors (Lipinski definition) is 1. The highest BCUT2D eigenvalue weighted by Gasteiger charge is 2.17. The Bertz CT molecular complexity index is 303. The molecular formula is C11H19N3O. The number of aromatic nitrogens is 2. The van der Waals surface area contributed by atoms with E-state index < -0.39 is 0 Å². The summed E-state index contributed by atoms with van der Waals surface area (Å²) in [5.74, 6) is 2.65. The third-order valence-electron chi connectivity index (χ3n) is 2.86. The molecule has 1 aliphatic heterocycles. The second kappa shape index (κ2) is 4.75. The standard InChI is InChI=1S/C11H19N3O/c1-8(2)11-13-10(15-14-11)6-9-4-3-5-12-7-9/h8-9,12H,3-7H2,1-2H3. The van der Waals surface area contributed by atoms with Crippen LogP contribution in [0.5, 0.6) is 0 Å². The first-order valence-electron chi connectivity index (χ1n) is 5.79. The first-order chi connectivity index (χ1) is 7.25. The number of piperidine rings is 1. The molecule has 1 unspecified atom stereocenters. The average Bonchev–Trinajstić information content (AvgIpc) is 2.68. The van der Waals surface area contributed by atoms with E-state index in [0.29, 0.717) is 11.8 Å². The van der Waals surface area contributed by atoms with Gasteiger partial charge in [-0.2, -0.15) is 4.98 Å². The van der Waals surface area contributed by atoms with Crippen molar-refractivity contribution in [2.24, 2.45) is 5.92 Å². The molecular weight excluding hydrogens is 190 g/mol. The van der Waals surface area contributed by atoms with Crippen molar-refractivity contribution in [3.8, 4) is 0 Å². The van der Waals surface area contributed by atoms with E-state index in [1.54, 1.807) is 0 Å². The van der Waals surface area contributed by atoms with Crippen LogP contribution in [0.4, 0.5) is 0 Å².